The predicted molar refractivity (Wildman–Crippen MR) is 271 cm³/mol. The zero-order valence-electron chi connectivity index (χ0n) is 43.3. The minimum atomic E-state index is -4.59. The SMILES string of the molecule is CCCCCCCC[N+](C)(CCCCCCCC)CCCCCCCC.CCCCCCCC[N+](C)(CCCCCCCC)CCCCCCCC.O=S(=O)([O-])CCS(=O)(=O)[O-]. The lowest BCUT2D eigenvalue weighted by atomic mass is 10.1. The van der Waals surface area contributed by atoms with Crippen molar-refractivity contribution in [2.75, 3.05) is 64.9 Å². The normalized spacial score (nSPS) is 12.2. The second-order valence-electron chi connectivity index (χ2n) is 19.7. The summed E-state index contributed by atoms with van der Waals surface area (Å²) in [6, 6.07) is 0. The van der Waals surface area contributed by atoms with E-state index in [4.69, 9.17) is 0 Å². The molecule has 0 N–H and O–H groups in total. The Morgan fingerprint density at radius 2 is 0.387 bits per heavy atom. The Labute approximate surface area is 391 Å². The summed E-state index contributed by atoms with van der Waals surface area (Å²) in [5.41, 5.74) is 0. The van der Waals surface area contributed by atoms with Gasteiger partial charge in [-0.1, -0.05) is 196 Å². The van der Waals surface area contributed by atoms with Gasteiger partial charge in [-0.05, 0) is 77.0 Å². The summed E-state index contributed by atoms with van der Waals surface area (Å²) >= 11 is 0. The van der Waals surface area contributed by atoms with Gasteiger partial charge in [0.15, 0.2) is 0 Å². The molecule has 62 heavy (non-hydrogen) atoms. The maximum Gasteiger partial charge on any atom is 0.0955 e. The lowest BCUT2D eigenvalue weighted by molar-refractivity contribution is -0.910. The summed E-state index contributed by atoms with van der Waals surface area (Å²) in [7, 11) is -4.05. The molecular weight excluding hydrogens is 813 g/mol. The second-order valence-corrected chi connectivity index (χ2v) is 22.8. The van der Waals surface area contributed by atoms with E-state index in [9.17, 15) is 25.9 Å². The summed E-state index contributed by atoms with van der Waals surface area (Å²) < 4.78 is 61.0. The van der Waals surface area contributed by atoms with E-state index in [-0.39, 0.29) is 0 Å². The van der Waals surface area contributed by atoms with E-state index < -0.39 is 31.7 Å². The van der Waals surface area contributed by atoms with Crippen LogP contribution in [0, 0.1) is 0 Å². The number of rotatable bonds is 45. The van der Waals surface area contributed by atoms with Crippen LogP contribution in [0.3, 0.4) is 0 Å². The first-order valence-electron chi connectivity index (χ1n) is 27.1. The molecule has 8 nitrogen and oxygen atoms in total. The molecule has 0 aliphatic rings. The molecule has 0 amide bonds. The van der Waals surface area contributed by atoms with Crippen LogP contribution in [0.25, 0.3) is 0 Å². The zero-order valence-corrected chi connectivity index (χ0v) is 44.9. The molecule has 0 radical (unpaired) electrons. The molecule has 0 heterocycles. The van der Waals surface area contributed by atoms with Gasteiger partial charge < -0.3 is 18.1 Å². The number of nitrogens with zero attached hydrogens (tertiary/aromatic N) is 2. The number of quaternary nitrogens is 2. The topological polar surface area (TPSA) is 114 Å². The molecule has 0 aromatic heterocycles. The van der Waals surface area contributed by atoms with Gasteiger partial charge in [-0.2, -0.15) is 0 Å². The van der Waals surface area contributed by atoms with Crippen molar-refractivity contribution in [2.24, 2.45) is 0 Å². The van der Waals surface area contributed by atoms with Gasteiger partial charge in [-0.3, -0.25) is 0 Å². The van der Waals surface area contributed by atoms with Crippen LogP contribution in [0.1, 0.15) is 273 Å². The van der Waals surface area contributed by atoms with Crippen molar-refractivity contribution in [3.05, 3.63) is 0 Å². The Kier molecular flexibility index (Phi) is 50.3. The first-order valence-corrected chi connectivity index (χ1v) is 30.3. The summed E-state index contributed by atoms with van der Waals surface area (Å²) in [5.74, 6) is -2.31. The molecule has 0 saturated carbocycles. The Balaban J connectivity index is -0.000000922. The molecule has 0 aromatic carbocycles. The van der Waals surface area contributed by atoms with Gasteiger partial charge in [0, 0.05) is 0 Å². The third-order valence-electron chi connectivity index (χ3n) is 12.9. The zero-order chi connectivity index (χ0) is 47.1. The van der Waals surface area contributed by atoms with E-state index in [2.05, 4.69) is 55.6 Å². The van der Waals surface area contributed by atoms with Crippen LogP contribution in [-0.4, -0.2) is 99.8 Å². The number of unbranched alkanes of at least 4 members (excludes halogenated alkanes) is 30. The highest BCUT2D eigenvalue weighted by molar-refractivity contribution is 7.89. The van der Waals surface area contributed by atoms with Crippen molar-refractivity contribution in [3.8, 4) is 0 Å². The van der Waals surface area contributed by atoms with E-state index in [1.807, 2.05) is 0 Å². The van der Waals surface area contributed by atoms with Crippen LogP contribution >= 0.6 is 0 Å². The van der Waals surface area contributed by atoms with Crippen LogP contribution < -0.4 is 0 Å². The second kappa shape index (κ2) is 47.2. The van der Waals surface area contributed by atoms with E-state index in [0.717, 1.165) is 0 Å². The molecular formula is C52H112N2O6S2. The Morgan fingerprint density at radius 1 is 0.258 bits per heavy atom. The summed E-state index contributed by atoms with van der Waals surface area (Å²) in [6.07, 6.45) is 51.7. The van der Waals surface area contributed by atoms with Crippen LogP contribution in [0.15, 0.2) is 0 Å². The van der Waals surface area contributed by atoms with Crippen molar-refractivity contribution in [2.45, 2.75) is 273 Å². The van der Waals surface area contributed by atoms with Gasteiger partial charge in [0.1, 0.15) is 0 Å². The van der Waals surface area contributed by atoms with Crippen molar-refractivity contribution in [1.82, 2.24) is 0 Å². The smallest absolute Gasteiger partial charge is 0.0955 e. The molecule has 10 heteroatoms. The standard InChI is InChI=1S/2C25H54N.C2H6O6S2/c2*1-5-8-11-14-17-20-23-26(4,24-21-18-15-12-9-6-2)25-22-19-16-13-10-7-3;3-9(4,5)1-2-10(6,7)8/h2*5-25H2,1-4H3;1-2H2,(H,3,4,5)(H,6,7,8)/q2*+1;/p-2. The van der Waals surface area contributed by atoms with E-state index in [1.165, 1.54) is 279 Å². The van der Waals surface area contributed by atoms with Crippen LogP contribution in [0.5, 0.6) is 0 Å². The van der Waals surface area contributed by atoms with E-state index in [0.29, 0.717) is 0 Å². The maximum absolute atomic E-state index is 9.72. The molecule has 0 spiro atoms. The molecule has 0 fully saturated rings. The number of hydrogen-bond acceptors (Lipinski definition) is 6. The van der Waals surface area contributed by atoms with Gasteiger partial charge in [-0.25, -0.2) is 16.8 Å². The van der Waals surface area contributed by atoms with Gasteiger partial charge in [0.2, 0.25) is 0 Å². The van der Waals surface area contributed by atoms with E-state index in [1.54, 1.807) is 0 Å². The van der Waals surface area contributed by atoms with Crippen molar-refractivity contribution >= 4 is 20.2 Å². The largest absolute Gasteiger partial charge is 0.748 e. The van der Waals surface area contributed by atoms with Crippen LogP contribution in [0.2, 0.25) is 0 Å². The van der Waals surface area contributed by atoms with Gasteiger partial charge in [0.25, 0.3) is 0 Å². The monoisotopic (exact) mass is 925 g/mol. The van der Waals surface area contributed by atoms with Gasteiger partial charge in [0.05, 0.1) is 85.1 Å². The highest BCUT2D eigenvalue weighted by Crippen LogP contribution is 2.18. The fourth-order valence-electron chi connectivity index (χ4n) is 8.52. The number of hydrogen-bond donors (Lipinski definition) is 0. The molecule has 0 saturated heterocycles. The highest BCUT2D eigenvalue weighted by atomic mass is 32.2. The average Bonchev–Trinajstić information content (AvgIpc) is 3.22. The lowest BCUT2D eigenvalue weighted by Crippen LogP contribution is -2.46. The molecule has 0 aliphatic heterocycles. The summed E-state index contributed by atoms with van der Waals surface area (Å²) in [5, 5.41) is 0. The van der Waals surface area contributed by atoms with Crippen LogP contribution in [0.4, 0.5) is 0 Å². The molecule has 0 rings (SSSR count). The summed E-state index contributed by atoms with van der Waals surface area (Å²) in [4.78, 5) is 0. The molecule has 0 bridgehead atoms. The van der Waals surface area contributed by atoms with Crippen molar-refractivity contribution in [1.29, 1.82) is 0 Å². The van der Waals surface area contributed by atoms with Gasteiger partial charge in [-0.15, -0.1) is 0 Å². The molecule has 0 unspecified atom stereocenters. The van der Waals surface area contributed by atoms with Crippen molar-refractivity contribution in [3.63, 3.8) is 0 Å². The molecule has 0 aromatic rings. The average molecular weight is 926 g/mol. The Bertz CT molecular complexity index is 935. The predicted octanol–water partition coefficient (Wildman–Crippen LogP) is 15.1. The third-order valence-corrected chi connectivity index (χ3v) is 14.6. The fourth-order valence-corrected chi connectivity index (χ4v) is 10.2. The molecule has 0 aliphatic carbocycles. The fraction of sp³-hybridized carbons (Fsp3) is 1.00. The minimum Gasteiger partial charge on any atom is -0.748 e. The molecule has 0 atom stereocenters. The Hall–Kier alpha value is -0.260. The maximum atomic E-state index is 9.72. The van der Waals surface area contributed by atoms with Gasteiger partial charge >= 0.3 is 0 Å². The first kappa shape index (κ1) is 66.0. The third kappa shape index (κ3) is 55.9. The molecule has 378 valence electrons. The summed E-state index contributed by atoms with van der Waals surface area (Å²) in [6.45, 7) is 22.4. The minimum absolute atomic E-state index is 1.15. The van der Waals surface area contributed by atoms with Crippen LogP contribution in [-0.2, 0) is 20.2 Å². The highest BCUT2D eigenvalue weighted by Gasteiger charge is 2.21. The quantitative estimate of drug-likeness (QED) is 0.0341. The van der Waals surface area contributed by atoms with Crippen molar-refractivity contribution < 1.29 is 34.9 Å². The van der Waals surface area contributed by atoms with E-state index >= 15 is 0 Å². The first-order chi connectivity index (χ1) is 29.6. The lowest BCUT2D eigenvalue weighted by Gasteiger charge is -2.35. The Morgan fingerprint density at radius 3 is 0.516 bits per heavy atom.